The highest BCUT2D eigenvalue weighted by atomic mass is 35.5. The number of nitrogen functional groups attached to an aromatic ring is 1. The number of fused-ring (bicyclic) bond motifs is 1. The standard InChI is InChI=1S/C14H18ClN3O/c1-19-8-7-14(5-6-14)9-18-11-4-2-3-10(15)12(11)17-13(18)16/h2-4H,5-9H2,1H3,(H2,16,17). The van der Waals surface area contributed by atoms with Gasteiger partial charge in [0.15, 0.2) is 0 Å². The second-order valence-electron chi connectivity index (χ2n) is 5.41. The van der Waals surface area contributed by atoms with Crippen molar-refractivity contribution in [3.8, 4) is 0 Å². The van der Waals surface area contributed by atoms with Gasteiger partial charge in [-0.25, -0.2) is 4.98 Å². The molecule has 0 amide bonds. The molecule has 0 radical (unpaired) electrons. The fraction of sp³-hybridized carbons (Fsp3) is 0.500. The first-order chi connectivity index (χ1) is 9.15. The molecular weight excluding hydrogens is 262 g/mol. The zero-order valence-corrected chi connectivity index (χ0v) is 11.8. The molecule has 0 saturated heterocycles. The molecule has 102 valence electrons. The normalized spacial score (nSPS) is 16.9. The van der Waals surface area contributed by atoms with E-state index in [0.29, 0.717) is 16.4 Å². The van der Waals surface area contributed by atoms with Crippen molar-refractivity contribution in [3.05, 3.63) is 23.2 Å². The van der Waals surface area contributed by atoms with Gasteiger partial charge in [0.25, 0.3) is 0 Å². The number of imidazole rings is 1. The van der Waals surface area contributed by atoms with Crippen LogP contribution in [-0.2, 0) is 11.3 Å². The Balaban J connectivity index is 1.93. The van der Waals surface area contributed by atoms with E-state index < -0.39 is 0 Å². The second-order valence-corrected chi connectivity index (χ2v) is 5.81. The number of benzene rings is 1. The lowest BCUT2D eigenvalue weighted by Crippen LogP contribution is -2.15. The maximum Gasteiger partial charge on any atom is 0.201 e. The molecule has 0 aliphatic heterocycles. The number of methoxy groups -OCH3 is 1. The van der Waals surface area contributed by atoms with Gasteiger partial charge >= 0.3 is 0 Å². The molecule has 0 unspecified atom stereocenters. The molecule has 1 aromatic carbocycles. The van der Waals surface area contributed by atoms with Gasteiger partial charge in [-0.2, -0.15) is 0 Å². The minimum absolute atomic E-state index is 0.333. The topological polar surface area (TPSA) is 53.1 Å². The number of rotatable bonds is 5. The van der Waals surface area contributed by atoms with Gasteiger partial charge in [0.2, 0.25) is 5.95 Å². The summed E-state index contributed by atoms with van der Waals surface area (Å²) in [6.07, 6.45) is 3.54. The highest BCUT2D eigenvalue weighted by Crippen LogP contribution is 2.51. The van der Waals surface area contributed by atoms with E-state index in [1.165, 1.54) is 12.8 Å². The maximum absolute atomic E-state index is 6.16. The summed E-state index contributed by atoms with van der Waals surface area (Å²) in [7, 11) is 1.75. The van der Waals surface area contributed by atoms with E-state index in [4.69, 9.17) is 22.1 Å². The summed E-state index contributed by atoms with van der Waals surface area (Å²) >= 11 is 6.16. The van der Waals surface area contributed by atoms with Gasteiger partial charge in [0.1, 0.15) is 5.52 Å². The fourth-order valence-electron chi connectivity index (χ4n) is 2.61. The van der Waals surface area contributed by atoms with Crippen molar-refractivity contribution in [2.75, 3.05) is 19.5 Å². The third kappa shape index (κ3) is 2.30. The van der Waals surface area contributed by atoms with Gasteiger partial charge in [-0.1, -0.05) is 17.7 Å². The summed E-state index contributed by atoms with van der Waals surface area (Å²) in [6.45, 7) is 1.70. The number of halogens is 1. The smallest absolute Gasteiger partial charge is 0.201 e. The van der Waals surface area contributed by atoms with Crippen LogP contribution in [0.25, 0.3) is 11.0 Å². The Bertz CT molecular complexity index is 604. The quantitative estimate of drug-likeness (QED) is 0.915. The Morgan fingerprint density at radius 1 is 1.47 bits per heavy atom. The van der Waals surface area contributed by atoms with E-state index in [1.54, 1.807) is 7.11 Å². The molecule has 19 heavy (non-hydrogen) atoms. The number of ether oxygens (including phenoxy) is 1. The molecule has 2 aromatic rings. The van der Waals surface area contributed by atoms with Crippen molar-refractivity contribution in [2.24, 2.45) is 5.41 Å². The van der Waals surface area contributed by atoms with E-state index in [2.05, 4.69) is 9.55 Å². The summed E-state index contributed by atoms with van der Waals surface area (Å²) < 4.78 is 7.28. The van der Waals surface area contributed by atoms with E-state index in [-0.39, 0.29) is 0 Å². The molecule has 4 nitrogen and oxygen atoms in total. The first-order valence-electron chi connectivity index (χ1n) is 6.54. The number of aromatic nitrogens is 2. The molecule has 1 saturated carbocycles. The predicted octanol–water partition coefficient (Wildman–Crippen LogP) is 3.09. The van der Waals surface area contributed by atoms with Crippen LogP contribution in [-0.4, -0.2) is 23.3 Å². The zero-order valence-electron chi connectivity index (χ0n) is 11.0. The number of hydrogen-bond donors (Lipinski definition) is 1. The molecule has 1 fully saturated rings. The first-order valence-corrected chi connectivity index (χ1v) is 6.92. The maximum atomic E-state index is 6.16. The summed E-state index contributed by atoms with van der Waals surface area (Å²) in [5, 5.41) is 0.657. The summed E-state index contributed by atoms with van der Waals surface area (Å²) in [5.74, 6) is 0.548. The van der Waals surface area contributed by atoms with Crippen molar-refractivity contribution in [1.82, 2.24) is 9.55 Å². The van der Waals surface area contributed by atoms with Gasteiger partial charge in [-0.05, 0) is 36.8 Å². The molecule has 3 rings (SSSR count). The Morgan fingerprint density at radius 3 is 2.95 bits per heavy atom. The molecule has 1 heterocycles. The molecule has 0 spiro atoms. The van der Waals surface area contributed by atoms with E-state index >= 15 is 0 Å². The minimum atomic E-state index is 0.333. The van der Waals surface area contributed by atoms with Crippen molar-refractivity contribution in [1.29, 1.82) is 0 Å². The Kier molecular flexibility index (Phi) is 3.15. The monoisotopic (exact) mass is 279 g/mol. The lowest BCUT2D eigenvalue weighted by atomic mass is 10.0. The average molecular weight is 280 g/mol. The van der Waals surface area contributed by atoms with E-state index in [1.807, 2.05) is 18.2 Å². The van der Waals surface area contributed by atoms with Crippen LogP contribution in [0.5, 0.6) is 0 Å². The van der Waals surface area contributed by atoms with Crippen molar-refractivity contribution < 1.29 is 4.74 Å². The van der Waals surface area contributed by atoms with Gasteiger partial charge in [0.05, 0.1) is 10.5 Å². The molecule has 0 atom stereocenters. The summed E-state index contributed by atoms with van der Waals surface area (Å²) in [5.41, 5.74) is 8.20. The third-order valence-electron chi connectivity index (χ3n) is 4.05. The summed E-state index contributed by atoms with van der Waals surface area (Å²) in [4.78, 5) is 4.38. The predicted molar refractivity (Wildman–Crippen MR) is 77.3 cm³/mol. The number of anilines is 1. The zero-order chi connectivity index (χ0) is 13.5. The highest BCUT2D eigenvalue weighted by molar-refractivity contribution is 6.35. The largest absolute Gasteiger partial charge is 0.385 e. The van der Waals surface area contributed by atoms with Gasteiger partial charge in [-0.15, -0.1) is 0 Å². The first kappa shape index (κ1) is 12.8. The molecule has 5 heteroatoms. The van der Waals surface area contributed by atoms with Crippen LogP contribution >= 0.6 is 11.6 Å². The molecule has 2 N–H and O–H groups in total. The van der Waals surface area contributed by atoms with Gasteiger partial charge in [-0.3, -0.25) is 0 Å². The number of para-hydroxylation sites is 1. The van der Waals surface area contributed by atoms with E-state index in [0.717, 1.165) is 30.6 Å². The second kappa shape index (κ2) is 4.69. The van der Waals surface area contributed by atoms with Crippen LogP contribution in [0, 0.1) is 5.41 Å². The van der Waals surface area contributed by atoms with Crippen LogP contribution in [0.4, 0.5) is 5.95 Å². The Labute approximate surface area is 117 Å². The highest BCUT2D eigenvalue weighted by Gasteiger charge is 2.42. The summed E-state index contributed by atoms with van der Waals surface area (Å²) in [6, 6.07) is 5.81. The van der Waals surface area contributed by atoms with Crippen LogP contribution in [0.2, 0.25) is 5.02 Å². The molecule has 1 aromatic heterocycles. The van der Waals surface area contributed by atoms with Crippen molar-refractivity contribution >= 4 is 28.6 Å². The van der Waals surface area contributed by atoms with Crippen LogP contribution in [0.3, 0.4) is 0 Å². The fourth-order valence-corrected chi connectivity index (χ4v) is 2.83. The number of hydrogen-bond acceptors (Lipinski definition) is 3. The number of nitrogens with two attached hydrogens (primary N) is 1. The average Bonchev–Trinajstić information content (AvgIpc) is 3.09. The van der Waals surface area contributed by atoms with Gasteiger partial charge < -0.3 is 15.0 Å². The van der Waals surface area contributed by atoms with Crippen LogP contribution < -0.4 is 5.73 Å². The molecule has 1 aliphatic rings. The van der Waals surface area contributed by atoms with Gasteiger partial charge in [0, 0.05) is 20.3 Å². The third-order valence-corrected chi connectivity index (χ3v) is 4.35. The molecule has 0 bridgehead atoms. The van der Waals surface area contributed by atoms with Crippen molar-refractivity contribution in [2.45, 2.75) is 25.8 Å². The number of nitrogens with zero attached hydrogens (tertiary/aromatic N) is 2. The Morgan fingerprint density at radius 2 is 2.26 bits per heavy atom. The lowest BCUT2D eigenvalue weighted by Gasteiger charge is -2.16. The van der Waals surface area contributed by atoms with Crippen LogP contribution in [0.1, 0.15) is 19.3 Å². The minimum Gasteiger partial charge on any atom is -0.385 e. The molecule has 1 aliphatic carbocycles. The van der Waals surface area contributed by atoms with E-state index in [9.17, 15) is 0 Å². The lowest BCUT2D eigenvalue weighted by molar-refractivity contribution is 0.167. The molecular formula is C14H18ClN3O. The van der Waals surface area contributed by atoms with Crippen molar-refractivity contribution in [3.63, 3.8) is 0 Å². The SMILES string of the molecule is COCCC1(Cn2c(N)nc3c(Cl)cccc32)CC1. The van der Waals surface area contributed by atoms with Crippen LogP contribution in [0.15, 0.2) is 18.2 Å². The Hall–Kier alpha value is -1.26.